The highest BCUT2D eigenvalue weighted by atomic mass is 32.1. The zero-order valence-corrected chi connectivity index (χ0v) is 20.6. The molecule has 0 aliphatic heterocycles. The Labute approximate surface area is 205 Å². The molecule has 0 fully saturated rings. The van der Waals surface area contributed by atoms with Crippen LogP contribution < -0.4 is 0 Å². The van der Waals surface area contributed by atoms with Crippen LogP contribution in [0.5, 0.6) is 0 Å². The second-order valence-electron chi connectivity index (χ2n) is 8.28. The summed E-state index contributed by atoms with van der Waals surface area (Å²) in [6, 6.07) is 14.7. The molecule has 0 saturated carbocycles. The van der Waals surface area contributed by atoms with Crippen molar-refractivity contribution in [2.75, 3.05) is 6.61 Å². The summed E-state index contributed by atoms with van der Waals surface area (Å²) in [5, 5.41) is 61.9. The summed E-state index contributed by atoms with van der Waals surface area (Å²) in [7, 11) is 0. The van der Waals surface area contributed by atoms with Crippen molar-refractivity contribution in [3.8, 4) is 0 Å². The quantitative estimate of drug-likeness (QED) is 0.207. The van der Waals surface area contributed by atoms with Crippen LogP contribution in [0.3, 0.4) is 0 Å². The third kappa shape index (κ3) is 5.39. The molecule has 2 aromatic rings. The van der Waals surface area contributed by atoms with Crippen LogP contribution in [0.1, 0.15) is 35.6 Å². The molecule has 6 nitrogen and oxygen atoms in total. The van der Waals surface area contributed by atoms with Gasteiger partial charge in [0.2, 0.25) is 0 Å². The van der Waals surface area contributed by atoms with Crippen molar-refractivity contribution in [3.63, 3.8) is 0 Å². The first-order chi connectivity index (χ1) is 15.5. The minimum absolute atomic E-state index is 0.191. The van der Waals surface area contributed by atoms with Gasteiger partial charge in [-0.2, -0.15) is 0 Å². The Balaban J connectivity index is 2.68. The van der Waals surface area contributed by atoms with Crippen LogP contribution in [0, 0.1) is 19.3 Å². The lowest BCUT2D eigenvalue weighted by atomic mass is 9.66. The summed E-state index contributed by atoms with van der Waals surface area (Å²) in [4.78, 5) is 0.597. The van der Waals surface area contributed by atoms with E-state index in [1.54, 1.807) is 6.92 Å². The summed E-state index contributed by atoms with van der Waals surface area (Å²) >= 11 is 11.8. The van der Waals surface area contributed by atoms with Crippen molar-refractivity contribution in [2.45, 2.75) is 57.7 Å². The predicted molar refractivity (Wildman–Crippen MR) is 136 cm³/mol. The molecule has 0 spiro atoms. The molecule has 0 bridgehead atoms. The van der Waals surface area contributed by atoms with E-state index in [1.165, 1.54) is 0 Å². The maximum Gasteiger partial charge on any atom is 0.111 e. The standard InChI is InChI=1S/C25H32O6S2/c1-4-25(23(32)16-11-7-5-9-14(16)2,24(33)17-12-8-6-10-15(17)3)22(31)21(30)20(29)19(28)18(27)13-26/h5-12,18-22,26-31H,4,13H2,1-3H3/t18-,19+,20-,21-,22?/m0/s1. The van der Waals surface area contributed by atoms with Gasteiger partial charge in [-0.1, -0.05) is 79.9 Å². The lowest BCUT2D eigenvalue weighted by Gasteiger charge is -2.43. The van der Waals surface area contributed by atoms with Crippen LogP contribution in [0.4, 0.5) is 0 Å². The van der Waals surface area contributed by atoms with E-state index in [4.69, 9.17) is 29.5 Å². The van der Waals surface area contributed by atoms with Crippen molar-refractivity contribution in [1.29, 1.82) is 0 Å². The molecule has 1 unspecified atom stereocenters. The Hall–Kier alpha value is -1.62. The Bertz CT molecular complexity index is 921. The molecular weight excluding hydrogens is 460 g/mol. The van der Waals surface area contributed by atoms with E-state index in [0.717, 1.165) is 11.1 Å². The number of hydrogen-bond donors (Lipinski definition) is 6. The topological polar surface area (TPSA) is 121 Å². The molecule has 0 amide bonds. The average Bonchev–Trinajstić information content (AvgIpc) is 2.82. The van der Waals surface area contributed by atoms with E-state index in [9.17, 15) is 25.5 Å². The fraction of sp³-hybridized carbons (Fsp3) is 0.440. The Morgan fingerprint density at radius 3 is 1.55 bits per heavy atom. The number of aliphatic hydroxyl groups is 6. The summed E-state index contributed by atoms with van der Waals surface area (Å²) < 4.78 is 0. The van der Waals surface area contributed by atoms with E-state index in [-0.39, 0.29) is 6.42 Å². The molecule has 5 atom stereocenters. The molecule has 6 N–H and O–H groups in total. The monoisotopic (exact) mass is 492 g/mol. The van der Waals surface area contributed by atoms with Crippen molar-refractivity contribution >= 4 is 34.2 Å². The molecule has 2 aromatic carbocycles. The molecule has 0 radical (unpaired) electrons. The van der Waals surface area contributed by atoms with Gasteiger partial charge in [-0.25, -0.2) is 0 Å². The molecule has 2 rings (SSSR count). The maximum atomic E-state index is 11.5. The molecule has 8 heteroatoms. The van der Waals surface area contributed by atoms with Gasteiger partial charge < -0.3 is 30.6 Å². The molecule has 0 aliphatic carbocycles. The number of aliphatic hydroxyl groups excluding tert-OH is 6. The van der Waals surface area contributed by atoms with Crippen LogP contribution in [0.15, 0.2) is 48.5 Å². The second kappa shape index (κ2) is 11.7. The molecule has 0 aromatic heterocycles. The lowest BCUT2D eigenvalue weighted by Crippen LogP contribution is -2.59. The number of rotatable bonds is 11. The Morgan fingerprint density at radius 1 is 0.758 bits per heavy atom. The van der Waals surface area contributed by atoms with E-state index < -0.39 is 42.5 Å². The van der Waals surface area contributed by atoms with Gasteiger partial charge >= 0.3 is 0 Å². The minimum Gasteiger partial charge on any atom is -0.394 e. The van der Waals surface area contributed by atoms with Crippen molar-refractivity contribution in [2.24, 2.45) is 5.41 Å². The highest BCUT2D eigenvalue weighted by Gasteiger charge is 2.51. The highest BCUT2D eigenvalue weighted by molar-refractivity contribution is 7.82. The molecule has 33 heavy (non-hydrogen) atoms. The summed E-state index contributed by atoms with van der Waals surface area (Å²) in [6.07, 6.45) is -9.02. The van der Waals surface area contributed by atoms with Crippen LogP contribution in [0.25, 0.3) is 0 Å². The van der Waals surface area contributed by atoms with Crippen molar-refractivity contribution in [3.05, 3.63) is 70.8 Å². The van der Waals surface area contributed by atoms with E-state index >= 15 is 0 Å². The van der Waals surface area contributed by atoms with Gasteiger partial charge in [0.15, 0.2) is 0 Å². The van der Waals surface area contributed by atoms with Crippen LogP contribution in [0.2, 0.25) is 0 Å². The van der Waals surface area contributed by atoms with Gasteiger partial charge in [-0.3, -0.25) is 0 Å². The molecule has 0 saturated heterocycles. The normalized spacial score (nSPS) is 16.5. The predicted octanol–water partition coefficient (Wildman–Crippen LogP) is 1.63. The fourth-order valence-corrected chi connectivity index (χ4v) is 5.31. The zero-order valence-electron chi connectivity index (χ0n) is 18.9. The SMILES string of the molecule is CCC(C(=S)c1ccccc1C)(C(=S)c1ccccc1C)C(O)[C@@H](O)[C@@H](O)[C@H](O)[C@@H](O)CO. The van der Waals surface area contributed by atoms with E-state index in [0.29, 0.717) is 20.9 Å². The van der Waals surface area contributed by atoms with Gasteiger partial charge in [-0.15, -0.1) is 0 Å². The lowest BCUT2D eigenvalue weighted by molar-refractivity contribution is -0.148. The van der Waals surface area contributed by atoms with E-state index in [2.05, 4.69) is 0 Å². The number of benzene rings is 2. The summed E-state index contributed by atoms with van der Waals surface area (Å²) in [5.74, 6) is 0. The fourth-order valence-electron chi connectivity index (χ4n) is 4.05. The number of hydrogen-bond acceptors (Lipinski definition) is 8. The largest absolute Gasteiger partial charge is 0.394 e. The number of aryl methyl sites for hydroxylation is 2. The maximum absolute atomic E-state index is 11.5. The van der Waals surface area contributed by atoms with Gasteiger partial charge in [0.25, 0.3) is 0 Å². The van der Waals surface area contributed by atoms with Crippen molar-refractivity contribution in [1.82, 2.24) is 0 Å². The third-order valence-corrected chi connectivity index (χ3v) is 7.43. The zero-order chi connectivity index (χ0) is 24.9. The van der Waals surface area contributed by atoms with Gasteiger partial charge in [0.05, 0.1) is 18.1 Å². The first-order valence-electron chi connectivity index (χ1n) is 10.8. The van der Waals surface area contributed by atoms with E-state index in [1.807, 2.05) is 62.4 Å². The Kier molecular flexibility index (Phi) is 9.78. The van der Waals surface area contributed by atoms with Gasteiger partial charge in [0, 0.05) is 9.73 Å². The molecule has 180 valence electrons. The second-order valence-corrected chi connectivity index (χ2v) is 9.10. The number of thiocarbonyl (C=S) groups is 2. The minimum atomic E-state index is -1.97. The average molecular weight is 493 g/mol. The summed E-state index contributed by atoms with van der Waals surface area (Å²) in [6.45, 7) is 4.69. The molecule has 0 aliphatic rings. The first kappa shape index (κ1) is 27.6. The highest BCUT2D eigenvalue weighted by Crippen LogP contribution is 2.40. The van der Waals surface area contributed by atoms with Gasteiger partial charge in [-0.05, 0) is 42.5 Å². The van der Waals surface area contributed by atoms with Crippen LogP contribution in [-0.2, 0) is 0 Å². The molecular formula is C25H32O6S2. The third-order valence-electron chi connectivity index (χ3n) is 6.26. The summed E-state index contributed by atoms with van der Waals surface area (Å²) in [5.41, 5.74) is 1.58. The smallest absolute Gasteiger partial charge is 0.111 e. The first-order valence-corrected chi connectivity index (χ1v) is 11.6. The molecule has 0 heterocycles. The van der Waals surface area contributed by atoms with Crippen LogP contribution >= 0.6 is 24.4 Å². The van der Waals surface area contributed by atoms with Crippen molar-refractivity contribution < 1.29 is 30.6 Å². The van der Waals surface area contributed by atoms with Crippen LogP contribution in [-0.4, -0.2) is 77.5 Å². The Morgan fingerprint density at radius 2 is 1.18 bits per heavy atom. The van der Waals surface area contributed by atoms with Gasteiger partial charge in [0.1, 0.15) is 24.4 Å².